The van der Waals surface area contributed by atoms with E-state index in [1.807, 2.05) is 24.3 Å². The first kappa shape index (κ1) is 14.4. The number of nitrogens with two attached hydrogens (primary N) is 1. The summed E-state index contributed by atoms with van der Waals surface area (Å²) in [4.78, 5) is 10.7. The molecule has 4 heteroatoms. The van der Waals surface area contributed by atoms with Crippen molar-refractivity contribution >= 4 is 5.91 Å². The fourth-order valence-electron chi connectivity index (χ4n) is 3.01. The number of hydrogen-bond acceptors (Lipinski definition) is 3. The van der Waals surface area contributed by atoms with Crippen molar-refractivity contribution in [1.29, 1.82) is 0 Å². The van der Waals surface area contributed by atoms with Crippen LogP contribution in [0.2, 0.25) is 0 Å². The van der Waals surface area contributed by atoms with Gasteiger partial charge in [-0.3, -0.25) is 4.79 Å². The van der Waals surface area contributed by atoms with Crippen molar-refractivity contribution in [1.82, 2.24) is 5.32 Å². The van der Waals surface area contributed by atoms with Crippen molar-refractivity contribution < 1.29 is 9.53 Å². The van der Waals surface area contributed by atoms with Gasteiger partial charge in [0, 0.05) is 6.54 Å². The predicted octanol–water partition coefficient (Wildman–Crippen LogP) is 2.08. The number of benzene rings is 1. The smallest absolute Gasteiger partial charge is 0.255 e. The second-order valence-corrected chi connectivity index (χ2v) is 6.37. The Hall–Kier alpha value is -1.55. The summed E-state index contributed by atoms with van der Waals surface area (Å²) in [5.74, 6) is 3.13. The van der Waals surface area contributed by atoms with E-state index in [-0.39, 0.29) is 6.61 Å². The number of amides is 1. The molecule has 2 aliphatic carbocycles. The number of hydrogen-bond donors (Lipinski definition) is 2. The summed E-state index contributed by atoms with van der Waals surface area (Å²) in [7, 11) is 0. The molecule has 0 saturated heterocycles. The molecule has 0 aliphatic heterocycles. The average molecular weight is 288 g/mol. The van der Waals surface area contributed by atoms with E-state index < -0.39 is 5.91 Å². The molecule has 0 spiro atoms. The van der Waals surface area contributed by atoms with E-state index in [2.05, 4.69) is 5.32 Å². The summed E-state index contributed by atoms with van der Waals surface area (Å²) in [6, 6.07) is 7.84. The molecule has 114 valence electrons. The maximum atomic E-state index is 10.7. The van der Waals surface area contributed by atoms with Crippen LogP contribution in [0.15, 0.2) is 24.3 Å². The minimum Gasteiger partial charge on any atom is -0.484 e. The number of rotatable bonds is 9. The summed E-state index contributed by atoms with van der Waals surface area (Å²) in [6.45, 7) is 1.98. The van der Waals surface area contributed by atoms with Crippen LogP contribution in [-0.4, -0.2) is 19.1 Å². The van der Waals surface area contributed by atoms with Gasteiger partial charge in [0.25, 0.3) is 5.91 Å². The number of nitrogens with one attached hydrogen (secondary N) is 1. The molecule has 3 N–H and O–H groups in total. The third-order valence-corrected chi connectivity index (χ3v) is 4.47. The van der Waals surface area contributed by atoms with E-state index in [9.17, 15) is 4.79 Å². The first-order chi connectivity index (χ1) is 10.2. The van der Waals surface area contributed by atoms with Gasteiger partial charge in [-0.2, -0.15) is 0 Å². The lowest BCUT2D eigenvalue weighted by Gasteiger charge is -2.16. The highest BCUT2D eigenvalue weighted by Gasteiger charge is 2.40. The van der Waals surface area contributed by atoms with Gasteiger partial charge in [0.15, 0.2) is 6.61 Å². The van der Waals surface area contributed by atoms with Crippen molar-refractivity contribution in [2.45, 2.75) is 32.2 Å². The van der Waals surface area contributed by atoms with Crippen LogP contribution >= 0.6 is 0 Å². The highest BCUT2D eigenvalue weighted by atomic mass is 16.5. The molecule has 0 aromatic heterocycles. The Bertz CT molecular complexity index is 466. The summed E-state index contributed by atoms with van der Waals surface area (Å²) < 4.78 is 5.25. The van der Waals surface area contributed by atoms with Crippen LogP contribution in [0.3, 0.4) is 0 Å². The van der Waals surface area contributed by atoms with Gasteiger partial charge in [0.2, 0.25) is 0 Å². The largest absolute Gasteiger partial charge is 0.484 e. The van der Waals surface area contributed by atoms with E-state index in [0.717, 1.165) is 30.8 Å². The van der Waals surface area contributed by atoms with E-state index in [0.29, 0.717) is 5.75 Å². The normalized spacial score (nSPS) is 18.0. The highest BCUT2D eigenvalue weighted by Crippen LogP contribution is 2.48. The van der Waals surface area contributed by atoms with Crippen LogP contribution < -0.4 is 15.8 Å². The van der Waals surface area contributed by atoms with Gasteiger partial charge in [-0.15, -0.1) is 0 Å². The van der Waals surface area contributed by atoms with E-state index in [1.165, 1.54) is 31.2 Å². The molecule has 2 aliphatic rings. The highest BCUT2D eigenvalue weighted by molar-refractivity contribution is 5.75. The zero-order valence-corrected chi connectivity index (χ0v) is 12.4. The molecule has 0 atom stereocenters. The first-order valence-electron chi connectivity index (χ1n) is 7.93. The Balaban J connectivity index is 1.41. The summed E-state index contributed by atoms with van der Waals surface area (Å²) in [6.07, 6.45) is 5.76. The summed E-state index contributed by atoms with van der Waals surface area (Å²) in [5, 5.41) is 3.60. The zero-order valence-electron chi connectivity index (χ0n) is 12.4. The summed E-state index contributed by atoms with van der Waals surface area (Å²) in [5.41, 5.74) is 6.29. The molecule has 0 unspecified atom stereocenters. The molecule has 21 heavy (non-hydrogen) atoms. The molecule has 4 nitrogen and oxygen atoms in total. The van der Waals surface area contributed by atoms with Crippen LogP contribution in [0.25, 0.3) is 0 Å². The molecule has 3 rings (SSSR count). The second kappa shape index (κ2) is 6.48. The molecule has 1 aromatic rings. The number of ether oxygens (including phenoxy) is 1. The fraction of sp³-hybridized carbons (Fsp3) is 0.588. The first-order valence-corrected chi connectivity index (χ1v) is 7.93. The third kappa shape index (κ3) is 4.46. The van der Waals surface area contributed by atoms with Crippen LogP contribution in [0.4, 0.5) is 0 Å². The topological polar surface area (TPSA) is 64.4 Å². The maximum absolute atomic E-state index is 10.7. The van der Waals surface area contributed by atoms with Crippen molar-refractivity contribution in [3.63, 3.8) is 0 Å². The molecule has 2 saturated carbocycles. The molecule has 0 bridgehead atoms. The standard InChI is InChI=1S/C17H24N2O2/c18-17(20)11-21-15-7-1-12(2-8-15)9-19-10-16(13-3-4-13)14-5-6-14/h1-2,7-8,13-14,16,19H,3-6,9-11H2,(H2,18,20). The molecule has 2 fully saturated rings. The van der Waals surface area contributed by atoms with Crippen LogP contribution in [0, 0.1) is 17.8 Å². The van der Waals surface area contributed by atoms with Gasteiger partial charge in [-0.25, -0.2) is 0 Å². The Morgan fingerprint density at radius 3 is 2.33 bits per heavy atom. The van der Waals surface area contributed by atoms with E-state index in [4.69, 9.17) is 10.5 Å². The second-order valence-electron chi connectivity index (χ2n) is 6.37. The van der Waals surface area contributed by atoms with Crippen molar-refractivity contribution in [3.8, 4) is 5.75 Å². The van der Waals surface area contributed by atoms with Crippen LogP contribution in [-0.2, 0) is 11.3 Å². The maximum Gasteiger partial charge on any atom is 0.255 e. The van der Waals surface area contributed by atoms with Crippen molar-refractivity contribution in [3.05, 3.63) is 29.8 Å². The van der Waals surface area contributed by atoms with Crippen LogP contribution in [0.1, 0.15) is 31.2 Å². The lowest BCUT2D eigenvalue weighted by Crippen LogP contribution is -2.25. The lowest BCUT2D eigenvalue weighted by atomic mass is 9.98. The Morgan fingerprint density at radius 2 is 1.81 bits per heavy atom. The molecule has 1 amide bonds. The Morgan fingerprint density at radius 1 is 1.19 bits per heavy atom. The van der Waals surface area contributed by atoms with Gasteiger partial charge in [0.1, 0.15) is 5.75 Å². The van der Waals surface area contributed by atoms with Gasteiger partial charge < -0.3 is 15.8 Å². The minimum atomic E-state index is -0.452. The fourth-order valence-corrected chi connectivity index (χ4v) is 3.01. The molecule has 0 radical (unpaired) electrons. The van der Waals surface area contributed by atoms with Gasteiger partial charge in [-0.05, 0) is 67.7 Å². The molecular weight excluding hydrogens is 264 g/mol. The average Bonchev–Trinajstić information content (AvgIpc) is 3.36. The van der Waals surface area contributed by atoms with Crippen molar-refractivity contribution in [2.75, 3.05) is 13.2 Å². The minimum absolute atomic E-state index is 0.0674. The summed E-state index contributed by atoms with van der Waals surface area (Å²) >= 11 is 0. The number of carbonyl (C=O) groups excluding carboxylic acids is 1. The van der Waals surface area contributed by atoms with Gasteiger partial charge in [0.05, 0.1) is 0 Å². The zero-order chi connectivity index (χ0) is 14.7. The third-order valence-electron chi connectivity index (χ3n) is 4.47. The number of primary amides is 1. The van der Waals surface area contributed by atoms with E-state index >= 15 is 0 Å². The van der Waals surface area contributed by atoms with Crippen LogP contribution in [0.5, 0.6) is 5.75 Å². The lowest BCUT2D eigenvalue weighted by molar-refractivity contribution is -0.119. The number of carbonyl (C=O) groups is 1. The predicted molar refractivity (Wildman–Crippen MR) is 81.8 cm³/mol. The molecular formula is C17H24N2O2. The van der Waals surface area contributed by atoms with E-state index in [1.54, 1.807) is 0 Å². The SMILES string of the molecule is NC(=O)COc1ccc(CNCC(C2CC2)C2CC2)cc1. The molecule has 1 aromatic carbocycles. The van der Waals surface area contributed by atoms with Gasteiger partial charge >= 0.3 is 0 Å². The quantitative estimate of drug-likeness (QED) is 0.731. The molecule has 0 heterocycles. The monoisotopic (exact) mass is 288 g/mol. The Labute approximate surface area is 126 Å². The van der Waals surface area contributed by atoms with Gasteiger partial charge in [-0.1, -0.05) is 12.1 Å². The van der Waals surface area contributed by atoms with Crippen molar-refractivity contribution in [2.24, 2.45) is 23.5 Å². The Kier molecular flexibility index (Phi) is 4.44.